The third-order valence-electron chi connectivity index (χ3n) is 6.75. The van der Waals surface area contributed by atoms with E-state index in [0.717, 1.165) is 29.8 Å². The largest absolute Gasteiger partial charge is 0.322 e. The zero-order chi connectivity index (χ0) is 20.3. The Morgan fingerprint density at radius 3 is 2.34 bits per heavy atom. The molecule has 1 N–H and O–H groups in total. The van der Waals surface area contributed by atoms with E-state index in [2.05, 4.69) is 0 Å². The van der Waals surface area contributed by atoms with Crippen LogP contribution in [-0.4, -0.2) is 36.2 Å². The lowest BCUT2D eigenvalue weighted by molar-refractivity contribution is -0.915. The van der Waals surface area contributed by atoms with Crippen molar-refractivity contribution in [2.75, 3.05) is 11.4 Å². The Bertz CT molecular complexity index is 1000. The third-order valence-corrected chi connectivity index (χ3v) is 6.75. The molecule has 3 aliphatic heterocycles. The van der Waals surface area contributed by atoms with Gasteiger partial charge in [0.25, 0.3) is 0 Å². The van der Waals surface area contributed by atoms with Gasteiger partial charge in [0, 0.05) is 18.4 Å². The number of fused-ring (bicyclic) bond motifs is 3. The smallest absolute Gasteiger partial charge is 0.244 e. The average molecular weight is 393 g/mol. The Kier molecular flexibility index (Phi) is 4.13. The minimum Gasteiger partial charge on any atom is -0.322 e. The van der Waals surface area contributed by atoms with Crippen molar-refractivity contribution in [3.05, 3.63) is 65.5 Å². The first-order valence-electron chi connectivity index (χ1n) is 10.1. The number of carbonyl (C=O) groups is 3. The lowest BCUT2D eigenvalue weighted by atomic mass is 9.85. The summed E-state index contributed by atoms with van der Waals surface area (Å²) in [7, 11) is 0. The van der Waals surface area contributed by atoms with E-state index in [9.17, 15) is 18.8 Å². The number of amides is 2. The number of halogens is 1. The van der Waals surface area contributed by atoms with Crippen LogP contribution >= 0.6 is 0 Å². The Balaban J connectivity index is 1.54. The van der Waals surface area contributed by atoms with Crippen molar-refractivity contribution in [2.24, 2.45) is 11.8 Å². The van der Waals surface area contributed by atoms with Gasteiger partial charge in [-0.2, -0.15) is 0 Å². The number of anilines is 1. The highest BCUT2D eigenvalue weighted by atomic mass is 19.1. The van der Waals surface area contributed by atoms with Gasteiger partial charge < -0.3 is 4.90 Å². The van der Waals surface area contributed by atoms with E-state index in [1.165, 1.54) is 29.2 Å². The fourth-order valence-corrected chi connectivity index (χ4v) is 5.48. The summed E-state index contributed by atoms with van der Waals surface area (Å²) >= 11 is 0. The van der Waals surface area contributed by atoms with Crippen LogP contribution < -0.4 is 9.80 Å². The lowest BCUT2D eigenvalue weighted by Crippen LogP contribution is -3.16. The number of hydrogen-bond donors (Lipinski definition) is 1. The second-order valence-electron chi connectivity index (χ2n) is 8.32. The number of hydrogen-bond acceptors (Lipinski definition) is 3. The molecule has 2 aromatic rings. The van der Waals surface area contributed by atoms with Gasteiger partial charge in [-0.05, 0) is 31.2 Å². The minimum absolute atomic E-state index is 0.0127. The summed E-state index contributed by atoms with van der Waals surface area (Å²) in [5.74, 6) is -2.21. The van der Waals surface area contributed by atoms with Gasteiger partial charge in [0.15, 0.2) is 6.04 Å². The maximum absolute atomic E-state index is 13.4. The molecule has 0 aromatic heterocycles. The average Bonchev–Trinajstić information content (AvgIpc) is 3.35. The van der Waals surface area contributed by atoms with Gasteiger partial charge in [-0.3, -0.25) is 14.4 Å². The van der Waals surface area contributed by atoms with Gasteiger partial charge in [0.05, 0.1) is 12.2 Å². The van der Waals surface area contributed by atoms with Gasteiger partial charge in [-0.1, -0.05) is 29.8 Å². The first kappa shape index (κ1) is 18.2. The molecule has 3 saturated heterocycles. The van der Waals surface area contributed by atoms with Crippen molar-refractivity contribution < 1.29 is 23.7 Å². The fourth-order valence-electron chi connectivity index (χ4n) is 5.48. The first-order valence-corrected chi connectivity index (χ1v) is 10.1. The molecule has 5 nitrogen and oxygen atoms in total. The second-order valence-corrected chi connectivity index (χ2v) is 8.32. The number of benzene rings is 2. The first-order chi connectivity index (χ1) is 14.0. The molecule has 29 heavy (non-hydrogen) atoms. The molecular weight excluding hydrogens is 371 g/mol. The van der Waals surface area contributed by atoms with E-state index in [4.69, 9.17) is 0 Å². The molecular formula is C23H22FN2O3+. The minimum atomic E-state index is -0.651. The molecule has 0 radical (unpaired) electrons. The lowest BCUT2D eigenvalue weighted by Gasteiger charge is -2.25. The molecule has 148 valence electrons. The number of nitrogens with zero attached hydrogens (tertiary/aromatic N) is 1. The van der Waals surface area contributed by atoms with E-state index in [0.29, 0.717) is 11.3 Å². The Hall–Kier alpha value is -2.86. The standard InChI is InChI=1S/C23H21FN2O3/c1-13-4-6-14(7-5-13)21(27)20-19-18(17-3-2-12-25(17)20)22(28)26(23(19)29)16-10-8-15(24)9-11-16/h4-11,17-20H,2-3,12H2,1H3/p+1/t17-,18-,19+,20-/m1/s1. The van der Waals surface area contributed by atoms with Crippen molar-refractivity contribution >= 4 is 23.3 Å². The quantitative estimate of drug-likeness (QED) is 0.636. The number of ketones is 1. The predicted molar refractivity (Wildman–Crippen MR) is 104 cm³/mol. The van der Waals surface area contributed by atoms with Gasteiger partial charge in [-0.25, -0.2) is 9.29 Å². The Morgan fingerprint density at radius 2 is 1.66 bits per heavy atom. The third kappa shape index (κ3) is 2.66. The number of imide groups is 1. The number of nitrogens with one attached hydrogen (secondary N) is 1. The summed E-state index contributed by atoms with van der Waals surface area (Å²) in [6, 6.07) is 12.2. The molecule has 0 bridgehead atoms. The van der Waals surface area contributed by atoms with E-state index >= 15 is 0 Å². The normalized spacial score (nSPS) is 30.6. The van der Waals surface area contributed by atoms with Crippen LogP contribution in [0.15, 0.2) is 48.5 Å². The Morgan fingerprint density at radius 1 is 1.00 bits per heavy atom. The summed E-state index contributed by atoms with van der Waals surface area (Å²) in [6.07, 6.45) is 1.78. The van der Waals surface area contributed by atoms with Crippen molar-refractivity contribution in [2.45, 2.75) is 31.8 Å². The van der Waals surface area contributed by atoms with Crippen LogP contribution in [0, 0.1) is 24.6 Å². The molecule has 3 aliphatic rings. The van der Waals surface area contributed by atoms with E-state index in [-0.39, 0.29) is 23.6 Å². The summed E-state index contributed by atoms with van der Waals surface area (Å²) in [6.45, 7) is 2.76. The molecule has 1 unspecified atom stereocenters. The van der Waals surface area contributed by atoms with Crippen LogP contribution in [0.25, 0.3) is 0 Å². The second kappa shape index (κ2) is 6.59. The summed E-state index contributed by atoms with van der Waals surface area (Å²) in [4.78, 5) is 42.3. The van der Waals surface area contributed by atoms with Crippen LogP contribution in [0.5, 0.6) is 0 Å². The van der Waals surface area contributed by atoms with Crippen molar-refractivity contribution in [1.82, 2.24) is 0 Å². The summed E-state index contributed by atoms with van der Waals surface area (Å²) in [5.41, 5.74) is 2.02. The van der Waals surface area contributed by atoms with Crippen LogP contribution in [0.3, 0.4) is 0 Å². The molecule has 2 aromatic carbocycles. The van der Waals surface area contributed by atoms with Gasteiger partial charge in [0.2, 0.25) is 17.6 Å². The predicted octanol–water partition coefficient (Wildman–Crippen LogP) is 1.55. The van der Waals surface area contributed by atoms with Crippen LogP contribution in [-0.2, 0) is 9.59 Å². The molecule has 3 fully saturated rings. The van der Waals surface area contributed by atoms with Crippen LogP contribution in [0.1, 0.15) is 28.8 Å². The van der Waals surface area contributed by atoms with E-state index < -0.39 is 23.7 Å². The number of rotatable bonds is 3. The van der Waals surface area contributed by atoms with Gasteiger partial charge in [-0.15, -0.1) is 0 Å². The van der Waals surface area contributed by atoms with E-state index in [1.807, 2.05) is 19.1 Å². The molecule has 0 spiro atoms. The molecule has 6 heteroatoms. The summed E-state index contributed by atoms with van der Waals surface area (Å²) < 4.78 is 13.3. The number of quaternary nitrogens is 1. The number of Topliss-reactive ketones (excluding diaryl/α,β-unsaturated/α-hetero) is 1. The zero-order valence-electron chi connectivity index (χ0n) is 16.1. The van der Waals surface area contributed by atoms with E-state index in [1.54, 1.807) is 12.1 Å². The molecule has 5 atom stereocenters. The zero-order valence-corrected chi connectivity index (χ0v) is 16.1. The SMILES string of the molecule is Cc1ccc(C(=O)[C@H]2[C@H]3C(=O)N(c4ccc(F)cc4)C(=O)[C@@H]3[C@H]3CCC[NH+]32)cc1. The van der Waals surface area contributed by atoms with Gasteiger partial charge >= 0.3 is 0 Å². The highest BCUT2D eigenvalue weighted by Gasteiger charge is 2.68. The Labute approximate surface area is 168 Å². The molecule has 0 saturated carbocycles. The monoisotopic (exact) mass is 393 g/mol. The maximum atomic E-state index is 13.4. The maximum Gasteiger partial charge on any atom is 0.244 e. The topological polar surface area (TPSA) is 58.9 Å². The van der Waals surface area contributed by atoms with Crippen LogP contribution in [0.4, 0.5) is 10.1 Å². The van der Waals surface area contributed by atoms with Crippen molar-refractivity contribution in [3.63, 3.8) is 0 Å². The molecule has 5 rings (SSSR count). The van der Waals surface area contributed by atoms with Gasteiger partial charge in [0.1, 0.15) is 23.7 Å². The van der Waals surface area contributed by atoms with Crippen molar-refractivity contribution in [1.29, 1.82) is 0 Å². The number of carbonyl (C=O) groups excluding carboxylic acids is 3. The molecule has 0 aliphatic carbocycles. The number of aryl methyl sites for hydroxylation is 1. The fraction of sp³-hybridized carbons (Fsp3) is 0.348. The summed E-state index contributed by atoms with van der Waals surface area (Å²) in [5, 5.41) is 0. The molecule has 2 amide bonds. The highest BCUT2D eigenvalue weighted by Crippen LogP contribution is 2.40. The highest BCUT2D eigenvalue weighted by molar-refractivity contribution is 6.24. The molecule has 3 heterocycles. The van der Waals surface area contributed by atoms with Crippen LogP contribution in [0.2, 0.25) is 0 Å². The van der Waals surface area contributed by atoms with Crippen molar-refractivity contribution in [3.8, 4) is 0 Å².